The number of methoxy groups -OCH3 is 1. The summed E-state index contributed by atoms with van der Waals surface area (Å²) >= 11 is 0. The first kappa shape index (κ1) is 13.8. The molecule has 2 aliphatic rings. The summed E-state index contributed by atoms with van der Waals surface area (Å²) in [6.45, 7) is 6.28. The summed E-state index contributed by atoms with van der Waals surface area (Å²) in [6.07, 6.45) is 5.41. The van der Waals surface area contributed by atoms with Gasteiger partial charge in [-0.1, -0.05) is 13.0 Å². The molecule has 4 heteroatoms. The van der Waals surface area contributed by atoms with Crippen LogP contribution in [0.15, 0.2) is 18.3 Å². The van der Waals surface area contributed by atoms with Gasteiger partial charge in [-0.3, -0.25) is 4.90 Å². The Balaban J connectivity index is 1.68. The molecule has 0 aromatic carbocycles. The predicted molar refractivity (Wildman–Crippen MR) is 77.8 cm³/mol. The van der Waals surface area contributed by atoms with E-state index in [1.807, 2.05) is 6.07 Å². The number of nitrogens with zero attached hydrogens (tertiary/aromatic N) is 2. The maximum absolute atomic E-state index is 6.13. The lowest BCUT2D eigenvalue weighted by Crippen LogP contribution is -2.47. The summed E-state index contributed by atoms with van der Waals surface area (Å²) in [4.78, 5) is 6.77. The third kappa shape index (κ3) is 2.81. The molecular weight excluding hydrogens is 252 g/mol. The second kappa shape index (κ2) is 5.70. The highest BCUT2D eigenvalue weighted by Crippen LogP contribution is 2.37. The molecule has 2 atom stereocenters. The van der Waals surface area contributed by atoms with Gasteiger partial charge in [-0.05, 0) is 37.8 Å². The highest BCUT2D eigenvalue weighted by molar-refractivity contribution is 5.25. The summed E-state index contributed by atoms with van der Waals surface area (Å²) < 4.78 is 11.5. The molecule has 0 saturated carbocycles. The topological polar surface area (TPSA) is 34.6 Å². The van der Waals surface area contributed by atoms with Gasteiger partial charge in [-0.15, -0.1) is 0 Å². The number of aromatic nitrogens is 1. The summed E-state index contributed by atoms with van der Waals surface area (Å²) in [5.74, 6) is 1.44. The minimum absolute atomic E-state index is 0.104. The van der Waals surface area contributed by atoms with Gasteiger partial charge < -0.3 is 9.47 Å². The number of pyridine rings is 1. The highest BCUT2D eigenvalue weighted by atomic mass is 16.5. The summed E-state index contributed by atoms with van der Waals surface area (Å²) in [6, 6.07) is 4.08. The van der Waals surface area contributed by atoms with Gasteiger partial charge >= 0.3 is 0 Å². The van der Waals surface area contributed by atoms with Crippen LogP contribution in [0.2, 0.25) is 0 Å². The number of likely N-dealkylation sites (tertiary alicyclic amines) is 1. The van der Waals surface area contributed by atoms with Crippen molar-refractivity contribution in [3.63, 3.8) is 0 Å². The number of hydrogen-bond donors (Lipinski definition) is 0. The Morgan fingerprint density at radius 1 is 1.55 bits per heavy atom. The molecule has 0 unspecified atom stereocenters. The van der Waals surface area contributed by atoms with Gasteiger partial charge in [0.2, 0.25) is 5.88 Å². The van der Waals surface area contributed by atoms with Crippen molar-refractivity contribution in [2.75, 3.05) is 26.8 Å². The van der Waals surface area contributed by atoms with Crippen LogP contribution in [-0.2, 0) is 11.3 Å². The average Bonchev–Trinajstić information content (AvgIpc) is 2.80. The SMILES string of the molecule is COc1ncccc1CN1CCC[C@@]2(C[C@H](C)CO2)C1. The molecule has 3 rings (SSSR count). The second-order valence-electron chi connectivity index (χ2n) is 6.29. The molecule has 0 amide bonds. The van der Waals surface area contributed by atoms with Crippen LogP contribution >= 0.6 is 0 Å². The fourth-order valence-corrected chi connectivity index (χ4v) is 3.65. The molecule has 0 bridgehead atoms. The lowest BCUT2D eigenvalue weighted by Gasteiger charge is -2.39. The molecule has 110 valence electrons. The Morgan fingerprint density at radius 2 is 2.45 bits per heavy atom. The third-order valence-corrected chi connectivity index (χ3v) is 4.45. The van der Waals surface area contributed by atoms with Crippen molar-refractivity contribution in [3.05, 3.63) is 23.9 Å². The minimum atomic E-state index is 0.104. The molecule has 20 heavy (non-hydrogen) atoms. The molecular formula is C16H24N2O2. The van der Waals surface area contributed by atoms with Gasteiger partial charge in [0.15, 0.2) is 0 Å². The Kier molecular flexibility index (Phi) is 3.94. The number of rotatable bonds is 3. The fraction of sp³-hybridized carbons (Fsp3) is 0.688. The maximum Gasteiger partial charge on any atom is 0.217 e. The van der Waals surface area contributed by atoms with Crippen LogP contribution in [0, 0.1) is 5.92 Å². The lowest BCUT2D eigenvalue weighted by molar-refractivity contribution is -0.0536. The normalized spacial score (nSPS) is 30.8. The van der Waals surface area contributed by atoms with E-state index >= 15 is 0 Å². The zero-order valence-corrected chi connectivity index (χ0v) is 12.5. The van der Waals surface area contributed by atoms with Crippen molar-refractivity contribution in [1.82, 2.24) is 9.88 Å². The van der Waals surface area contributed by atoms with Gasteiger partial charge in [0, 0.05) is 24.8 Å². The Labute approximate surface area is 121 Å². The van der Waals surface area contributed by atoms with E-state index in [4.69, 9.17) is 9.47 Å². The van der Waals surface area contributed by atoms with E-state index in [2.05, 4.69) is 22.9 Å². The lowest BCUT2D eigenvalue weighted by atomic mass is 9.87. The Morgan fingerprint density at radius 3 is 3.20 bits per heavy atom. The van der Waals surface area contributed by atoms with E-state index in [0.717, 1.165) is 37.7 Å². The van der Waals surface area contributed by atoms with Gasteiger partial charge in [0.1, 0.15) is 0 Å². The Hall–Kier alpha value is -1.13. The van der Waals surface area contributed by atoms with Crippen LogP contribution in [-0.4, -0.2) is 42.3 Å². The van der Waals surface area contributed by atoms with Crippen LogP contribution < -0.4 is 4.74 Å². The Bertz CT molecular complexity index is 462. The van der Waals surface area contributed by atoms with Crippen molar-refractivity contribution in [1.29, 1.82) is 0 Å². The first-order chi connectivity index (χ1) is 9.71. The van der Waals surface area contributed by atoms with Gasteiger partial charge in [-0.25, -0.2) is 4.98 Å². The van der Waals surface area contributed by atoms with Crippen molar-refractivity contribution in [2.24, 2.45) is 5.92 Å². The maximum atomic E-state index is 6.13. The summed E-state index contributed by atoms with van der Waals surface area (Å²) in [5.41, 5.74) is 1.27. The zero-order chi connectivity index (χ0) is 14.0. The molecule has 2 saturated heterocycles. The first-order valence-corrected chi connectivity index (χ1v) is 7.55. The van der Waals surface area contributed by atoms with Crippen LogP contribution in [0.1, 0.15) is 31.7 Å². The first-order valence-electron chi connectivity index (χ1n) is 7.55. The van der Waals surface area contributed by atoms with E-state index in [1.54, 1.807) is 13.3 Å². The average molecular weight is 276 g/mol. The standard InChI is InChI=1S/C16H24N2O2/c1-13-9-16(20-11-13)6-4-8-18(12-16)10-14-5-3-7-17-15(14)19-2/h3,5,7,13H,4,6,8-12H2,1-2H3/t13-,16+/m0/s1. The molecule has 0 N–H and O–H groups in total. The van der Waals surface area contributed by atoms with Gasteiger partial charge in [-0.2, -0.15) is 0 Å². The van der Waals surface area contributed by atoms with Crippen molar-refractivity contribution >= 4 is 0 Å². The van der Waals surface area contributed by atoms with Crippen molar-refractivity contribution < 1.29 is 9.47 Å². The molecule has 3 heterocycles. The highest BCUT2D eigenvalue weighted by Gasteiger charge is 2.41. The monoisotopic (exact) mass is 276 g/mol. The third-order valence-electron chi connectivity index (χ3n) is 4.45. The van der Waals surface area contributed by atoms with Crippen LogP contribution in [0.4, 0.5) is 0 Å². The molecule has 1 aromatic heterocycles. The smallest absolute Gasteiger partial charge is 0.217 e. The minimum Gasteiger partial charge on any atom is -0.481 e. The molecule has 4 nitrogen and oxygen atoms in total. The molecule has 0 radical (unpaired) electrons. The summed E-state index contributed by atoms with van der Waals surface area (Å²) in [5, 5.41) is 0. The number of piperidine rings is 1. The summed E-state index contributed by atoms with van der Waals surface area (Å²) in [7, 11) is 1.69. The molecule has 1 aromatic rings. The quantitative estimate of drug-likeness (QED) is 0.849. The molecule has 0 aliphatic carbocycles. The second-order valence-corrected chi connectivity index (χ2v) is 6.29. The molecule has 2 aliphatic heterocycles. The predicted octanol–water partition coefficient (Wildman–Crippen LogP) is 2.48. The largest absolute Gasteiger partial charge is 0.481 e. The molecule has 2 fully saturated rings. The van der Waals surface area contributed by atoms with E-state index in [1.165, 1.54) is 19.3 Å². The van der Waals surface area contributed by atoms with Gasteiger partial charge in [0.25, 0.3) is 0 Å². The van der Waals surface area contributed by atoms with Crippen molar-refractivity contribution in [3.8, 4) is 5.88 Å². The van der Waals surface area contributed by atoms with E-state index < -0.39 is 0 Å². The van der Waals surface area contributed by atoms with Crippen LogP contribution in [0.5, 0.6) is 5.88 Å². The van der Waals surface area contributed by atoms with E-state index in [9.17, 15) is 0 Å². The van der Waals surface area contributed by atoms with E-state index in [-0.39, 0.29) is 5.60 Å². The van der Waals surface area contributed by atoms with Crippen LogP contribution in [0.25, 0.3) is 0 Å². The zero-order valence-electron chi connectivity index (χ0n) is 12.5. The molecule has 1 spiro atoms. The van der Waals surface area contributed by atoms with E-state index in [0.29, 0.717) is 5.92 Å². The van der Waals surface area contributed by atoms with Crippen molar-refractivity contribution in [2.45, 2.75) is 38.3 Å². The fourth-order valence-electron chi connectivity index (χ4n) is 3.65. The van der Waals surface area contributed by atoms with Gasteiger partial charge in [0.05, 0.1) is 19.3 Å². The number of hydrogen-bond acceptors (Lipinski definition) is 4. The van der Waals surface area contributed by atoms with Crippen LogP contribution in [0.3, 0.4) is 0 Å². The number of ether oxygens (including phenoxy) is 2.